The van der Waals surface area contributed by atoms with Crippen LogP contribution < -0.4 is 0 Å². The maximum Gasteiger partial charge on any atom is 0.187 e. The zero-order valence-electron chi connectivity index (χ0n) is 17.6. The van der Waals surface area contributed by atoms with E-state index < -0.39 is 105 Å². The normalized spacial score (nSPS) is 53.7. The summed E-state index contributed by atoms with van der Waals surface area (Å²) in [5, 5.41) is 100. The molecule has 3 fully saturated rings. The number of hydrogen-bond acceptors (Lipinski definition) is 15. The summed E-state index contributed by atoms with van der Waals surface area (Å²) in [5.41, 5.74) is 0. The Balaban J connectivity index is 1.81. The van der Waals surface area contributed by atoms with Gasteiger partial charge in [-0.3, -0.25) is 0 Å². The van der Waals surface area contributed by atoms with Crippen LogP contribution in [-0.4, -0.2) is 156 Å². The van der Waals surface area contributed by atoms with Gasteiger partial charge in [0, 0.05) is 0 Å². The predicted octanol–water partition coefficient (Wildman–Crippen LogP) is -6.55. The van der Waals surface area contributed by atoms with Crippen LogP contribution in [0.15, 0.2) is 0 Å². The lowest BCUT2D eigenvalue weighted by Crippen LogP contribution is -2.66. The standard InChI is InChI=1S/C18H32O15/c1-4-7(21)10(24)13(27)17(29-4)33-15-12(26)9(23)6(3-20)31-18(15)32-14-11(25)8(22)5(2-19)30-16(14)28/h4-28H,2-3H2,1H3/t4-,5+,6+,7-,8+,9+,10+,11-,12-,13+,14+,15+,16+,17-,18-/m0/s1. The van der Waals surface area contributed by atoms with Gasteiger partial charge in [-0.2, -0.15) is 0 Å². The first-order chi connectivity index (χ1) is 15.5. The molecule has 3 rings (SSSR count). The first-order valence-corrected chi connectivity index (χ1v) is 10.4. The molecule has 194 valence electrons. The Morgan fingerprint density at radius 2 is 1.06 bits per heavy atom. The van der Waals surface area contributed by atoms with E-state index in [-0.39, 0.29) is 0 Å². The van der Waals surface area contributed by atoms with Gasteiger partial charge in [-0.05, 0) is 6.92 Å². The van der Waals surface area contributed by atoms with Gasteiger partial charge in [-0.25, -0.2) is 0 Å². The van der Waals surface area contributed by atoms with Gasteiger partial charge in [-0.15, -0.1) is 0 Å². The Morgan fingerprint density at radius 3 is 1.64 bits per heavy atom. The predicted molar refractivity (Wildman–Crippen MR) is 99.8 cm³/mol. The van der Waals surface area contributed by atoms with Crippen LogP contribution >= 0.6 is 0 Å². The highest BCUT2D eigenvalue weighted by atomic mass is 16.8. The Bertz CT molecular complexity index is 626. The Morgan fingerprint density at radius 1 is 0.545 bits per heavy atom. The number of aliphatic hydroxyl groups excluding tert-OH is 10. The van der Waals surface area contributed by atoms with Crippen molar-refractivity contribution in [1.82, 2.24) is 0 Å². The van der Waals surface area contributed by atoms with Gasteiger partial charge in [-0.1, -0.05) is 0 Å². The molecule has 3 aliphatic rings. The van der Waals surface area contributed by atoms with Crippen LogP contribution in [-0.2, 0) is 23.7 Å². The minimum absolute atomic E-state index is 0.714. The fourth-order valence-corrected chi connectivity index (χ4v) is 3.96. The SMILES string of the molecule is C[C@@H]1O[C@@H](O[C@H]2[C@H](O[C@@H]3[C@@H](O)[C@H](O)[C@@H](CO)O[C@H]3O)O[C@H](CO)[C@@H](O)[C@@H]2O)[C@H](O)[C@H](O)[C@H]1O. The monoisotopic (exact) mass is 488 g/mol. The summed E-state index contributed by atoms with van der Waals surface area (Å²) in [6.07, 6.45) is -24.2. The van der Waals surface area contributed by atoms with Crippen molar-refractivity contribution in [3.63, 3.8) is 0 Å². The largest absolute Gasteiger partial charge is 0.394 e. The molecule has 3 aliphatic heterocycles. The van der Waals surface area contributed by atoms with Gasteiger partial charge < -0.3 is 74.7 Å². The van der Waals surface area contributed by atoms with Gasteiger partial charge in [0.1, 0.15) is 67.1 Å². The molecule has 0 bridgehead atoms. The minimum atomic E-state index is -1.87. The van der Waals surface area contributed by atoms with Crippen LogP contribution in [0.3, 0.4) is 0 Å². The quantitative estimate of drug-likeness (QED) is 0.167. The molecule has 0 aromatic rings. The van der Waals surface area contributed by atoms with E-state index in [1.807, 2.05) is 0 Å². The number of ether oxygens (including phenoxy) is 5. The molecule has 33 heavy (non-hydrogen) atoms. The molecule has 15 nitrogen and oxygen atoms in total. The Labute approximate surface area is 187 Å². The van der Waals surface area contributed by atoms with Crippen LogP contribution in [0.25, 0.3) is 0 Å². The fourth-order valence-electron chi connectivity index (χ4n) is 3.96. The van der Waals surface area contributed by atoms with Crippen LogP contribution in [0.1, 0.15) is 6.92 Å². The molecule has 0 spiro atoms. The third-order valence-electron chi connectivity index (χ3n) is 6.06. The zero-order chi connectivity index (χ0) is 24.6. The summed E-state index contributed by atoms with van der Waals surface area (Å²) < 4.78 is 26.7. The second-order valence-electron chi connectivity index (χ2n) is 8.32. The van der Waals surface area contributed by atoms with Gasteiger partial charge in [0.05, 0.1) is 19.3 Å². The van der Waals surface area contributed by atoms with Crippen molar-refractivity contribution < 1.29 is 74.7 Å². The molecule has 0 aliphatic carbocycles. The lowest BCUT2D eigenvalue weighted by atomic mass is 9.96. The number of hydrogen-bond donors (Lipinski definition) is 10. The maximum absolute atomic E-state index is 10.6. The summed E-state index contributed by atoms with van der Waals surface area (Å²) in [7, 11) is 0. The summed E-state index contributed by atoms with van der Waals surface area (Å²) in [6, 6.07) is 0. The highest BCUT2D eigenvalue weighted by molar-refractivity contribution is 4.95. The molecule has 0 aromatic heterocycles. The van der Waals surface area contributed by atoms with E-state index in [9.17, 15) is 51.1 Å². The van der Waals surface area contributed by atoms with Crippen LogP contribution in [0, 0.1) is 0 Å². The molecule has 0 amide bonds. The van der Waals surface area contributed by atoms with Crippen LogP contribution in [0.2, 0.25) is 0 Å². The molecule has 10 N–H and O–H groups in total. The van der Waals surface area contributed by atoms with E-state index in [1.165, 1.54) is 6.92 Å². The van der Waals surface area contributed by atoms with Crippen molar-refractivity contribution in [2.24, 2.45) is 0 Å². The molecule has 0 radical (unpaired) electrons. The molecule has 15 atom stereocenters. The molecule has 0 unspecified atom stereocenters. The molecule has 15 heteroatoms. The summed E-state index contributed by atoms with van der Waals surface area (Å²) >= 11 is 0. The van der Waals surface area contributed by atoms with Gasteiger partial charge in [0.15, 0.2) is 18.9 Å². The van der Waals surface area contributed by atoms with E-state index in [0.717, 1.165) is 0 Å². The topological polar surface area (TPSA) is 248 Å². The van der Waals surface area contributed by atoms with E-state index in [2.05, 4.69) is 0 Å². The molecular formula is C18H32O15. The molecular weight excluding hydrogens is 456 g/mol. The highest BCUT2D eigenvalue weighted by Crippen LogP contribution is 2.32. The lowest BCUT2D eigenvalue weighted by molar-refractivity contribution is -0.389. The van der Waals surface area contributed by atoms with E-state index in [4.69, 9.17) is 23.7 Å². The second kappa shape index (κ2) is 11.0. The van der Waals surface area contributed by atoms with E-state index >= 15 is 0 Å². The molecule has 0 saturated carbocycles. The molecule has 0 aromatic carbocycles. The van der Waals surface area contributed by atoms with E-state index in [1.54, 1.807) is 0 Å². The highest BCUT2D eigenvalue weighted by Gasteiger charge is 2.53. The number of rotatable bonds is 6. The second-order valence-corrected chi connectivity index (χ2v) is 8.32. The molecule has 3 heterocycles. The smallest absolute Gasteiger partial charge is 0.187 e. The van der Waals surface area contributed by atoms with E-state index in [0.29, 0.717) is 0 Å². The van der Waals surface area contributed by atoms with Crippen LogP contribution in [0.4, 0.5) is 0 Å². The van der Waals surface area contributed by atoms with Crippen molar-refractivity contribution in [2.75, 3.05) is 13.2 Å². The maximum atomic E-state index is 10.6. The van der Waals surface area contributed by atoms with Gasteiger partial charge in [0.2, 0.25) is 0 Å². The number of aliphatic hydroxyl groups is 10. The third kappa shape index (κ3) is 5.32. The van der Waals surface area contributed by atoms with Crippen molar-refractivity contribution in [3.8, 4) is 0 Å². The fraction of sp³-hybridized carbons (Fsp3) is 1.00. The first-order valence-electron chi connectivity index (χ1n) is 10.4. The average Bonchev–Trinajstić information content (AvgIpc) is 2.79. The van der Waals surface area contributed by atoms with Gasteiger partial charge >= 0.3 is 0 Å². The first kappa shape index (κ1) is 27.0. The third-order valence-corrected chi connectivity index (χ3v) is 6.06. The summed E-state index contributed by atoms with van der Waals surface area (Å²) in [5.74, 6) is 0. The van der Waals surface area contributed by atoms with Crippen LogP contribution in [0.5, 0.6) is 0 Å². The minimum Gasteiger partial charge on any atom is -0.394 e. The summed E-state index contributed by atoms with van der Waals surface area (Å²) in [4.78, 5) is 0. The lowest BCUT2D eigenvalue weighted by Gasteiger charge is -2.47. The van der Waals surface area contributed by atoms with Crippen molar-refractivity contribution in [3.05, 3.63) is 0 Å². The average molecular weight is 488 g/mol. The van der Waals surface area contributed by atoms with Gasteiger partial charge in [0.25, 0.3) is 0 Å². The molecule has 3 saturated heterocycles. The Kier molecular flexibility index (Phi) is 8.99. The zero-order valence-corrected chi connectivity index (χ0v) is 17.6. The van der Waals surface area contributed by atoms with Crippen molar-refractivity contribution in [2.45, 2.75) is 99.0 Å². The Hall–Kier alpha value is -0.600. The van der Waals surface area contributed by atoms with Crippen molar-refractivity contribution in [1.29, 1.82) is 0 Å². The van der Waals surface area contributed by atoms with Crippen molar-refractivity contribution >= 4 is 0 Å². The summed E-state index contributed by atoms with van der Waals surface area (Å²) in [6.45, 7) is -0.0924.